The van der Waals surface area contributed by atoms with Crippen LogP contribution in [0.2, 0.25) is 0 Å². The second kappa shape index (κ2) is 7.26. The van der Waals surface area contributed by atoms with E-state index in [0.29, 0.717) is 6.42 Å². The molecule has 5 heteroatoms. The van der Waals surface area contributed by atoms with Gasteiger partial charge in [0.05, 0.1) is 13.2 Å². The highest BCUT2D eigenvalue weighted by Crippen LogP contribution is 2.22. The molecule has 1 fully saturated rings. The minimum Gasteiger partial charge on any atom is -0.490 e. The third-order valence-corrected chi connectivity index (χ3v) is 3.45. The topological polar surface area (TPSA) is 81.8 Å². The summed E-state index contributed by atoms with van der Waals surface area (Å²) in [6.45, 7) is 1.51. The highest BCUT2D eigenvalue weighted by molar-refractivity contribution is 5.66. The van der Waals surface area contributed by atoms with Crippen LogP contribution in [0.1, 0.15) is 37.3 Å². The van der Waals surface area contributed by atoms with Crippen LogP contribution in [0.4, 0.5) is 0 Å². The van der Waals surface area contributed by atoms with Crippen LogP contribution in [-0.2, 0) is 9.53 Å². The van der Waals surface area contributed by atoms with Crippen LogP contribution in [0.25, 0.3) is 0 Å². The monoisotopic (exact) mass is 279 g/mol. The molecule has 110 valence electrons. The first-order valence-corrected chi connectivity index (χ1v) is 6.97. The van der Waals surface area contributed by atoms with E-state index in [0.717, 1.165) is 37.4 Å². The fourth-order valence-electron chi connectivity index (χ4n) is 2.23. The molecule has 1 aromatic rings. The zero-order valence-electron chi connectivity index (χ0n) is 11.5. The molecule has 1 aliphatic rings. The van der Waals surface area contributed by atoms with Gasteiger partial charge in [-0.3, -0.25) is 4.79 Å². The molecule has 0 aromatic heterocycles. The van der Waals surface area contributed by atoms with Crippen molar-refractivity contribution in [3.8, 4) is 5.75 Å². The van der Waals surface area contributed by atoms with Gasteiger partial charge >= 0.3 is 5.97 Å². The van der Waals surface area contributed by atoms with Crippen LogP contribution >= 0.6 is 0 Å². The molecule has 1 atom stereocenters. The van der Waals surface area contributed by atoms with E-state index in [4.69, 9.17) is 20.3 Å². The maximum Gasteiger partial charge on any atom is 0.303 e. The van der Waals surface area contributed by atoms with Gasteiger partial charge in [-0.25, -0.2) is 0 Å². The lowest BCUT2D eigenvalue weighted by Gasteiger charge is -2.23. The van der Waals surface area contributed by atoms with Crippen molar-refractivity contribution in [3.05, 3.63) is 29.8 Å². The third-order valence-electron chi connectivity index (χ3n) is 3.45. The van der Waals surface area contributed by atoms with E-state index >= 15 is 0 Å². The Balaban J connectivity index is 1.86. The maximum atomic E-state index is 10.5. The Bertz CT molecular complexity index is 426. The quantitative estimate of drug-likeness (QED) is 0.833. The number of rotatable bonds is 6. The Morgan fingerprint density at radius 3 is 2.60 bits per heavy atom. The van der Waals surface area contributed by atoms with Crippen molar-refractivity contribution in [1.29, 1.82) is 0 Å². The molecule has 1 saturated heterocycles. The average Bonchev–Trinajstić information content (AvgIpc) is 2.46. The first-order chi connectivity index (χ1) is 9.65. The van der Waals surface area contributed by atoms with Crippen molar-refractivity contribution in [2.24, 2.45) is 5.73 Å². The van der Waals surface area contributed by atoms with Gasteiger partial charge in [-0.05, 0) is 24.1 Å². The molecule has 3 N–H and O–H groups in total. The molecule has 0 aliphatic carbocycles. The Morgan fingerprint density at radius 2 is 2.00 bits per heavy atom. The SMILES string of the molecule is NC(CCC(=O)O)c1ccc(OC2CCOCC2)cc1. The lowest BCUT2D eigenvalue weighted by atomic mass is 10.0. The van der Waals surface area contributed by atoms with Crippen molar-refractivity contribution in [2.75, 3.05) is 13.2 Å². The molecular formula is C15H21NO4. The summed E-state index contributed by atoms with van der Waals surface area (Å²) in [7, 11) is 0. The van der Waals surface area contributed by atoms with Crippen molar-refractivity contribution in [3.63, 3.8) is 0 Å². The standard InChI is InChI=1S/C15H21NO4/c16-14(5-6-15(17)18)11-1-3-12(4-2-11)20-13-7-9-19-10-8-13/h1-4,13-14H,5-10,16H2,(H,17,18). The van der Waals surface area contributed by atoms with Crippen molar-refractivity contribution < 1.29 is 19.4 Å². The number of carboxylic acid groups (broad SMARTS) is 1. The fourth-order valence-corrected chi connectivity index (χ4v) is 2.23. The van der Waals surface area contributed by atoms with E-state index in [2.05, 4.69) is 0 Å². The van der Waals surface area contributed by atoms with Gasteiger partial charge in [-0.15, -0.1) is 0 Å². The lowest BCUT2D eigenvalue weighted by Crippen LogP contribution is -2.25. The first kappa shape index (κ1) is 14.8. The van der Waals surface area contributed by atoms with Gasteiger partial charge < -0.3 is 20.3 Å². The molecule has 1 aliphatic heterocycles. The van der Waals surface area contributed by atoms with E-state index in [1.165, 1.54) is 0 Å². The lowest BCUT2D eigenvalue weighted by molar-refractivity contribution is -0.137. The van der Waals surface area contributed by atoms with Gasteiger partial charge in [0, 0.05) is 25.3 Å². The van der Waals surface area contributed by atoms with Gasteiger partial charge in [0.2, 0.25) is 0 Å². The summed E-state index contributed by atoms with van der Waals surface area (Å²) in [5.74, 6) is 0.00556. The van der Waals surface area contributed by atoms with Gasteiger partial charge in [0.1, 0.15) is 11.9 Å². The summed E-state index contributed by atoms with van der Waals surface area (Å²) < 4.78 is 11.2. The summed E-state index contributed by atoms with van der Waals surface area (Å²) in [4.78, 5) is 10.5. The fraction of sp³-hybridized carbons (Fsp3) is 0.533. The molecule has 1 heterocycles. The van der Waals surface area contributed by atoms with Crippen molar-refractivity contribution >= 4 is 5.97 Å². The summed E-state index contributed by atoms with van der Waals surface area (Å²) in [6.07, 6.45) is 2.58. The van der Waals surface area contributed by atoms with E-state index in [9.17, 15) is 4.79 Å². The molecule has 1 aromatic carbocycles. The van der Waals surface area contributed by atoms with E-state index in [1.54, 1.807) is 0 Å². The zero-order valence-corrected chi connectivity index (χ0v) is 11.5. The van der Waals surface area contributed by atoms with Crippen molar-refractivity contribution in [2.45, 2.75) is 37.8 Å². The van der Waals surface area contributed by atoms with Crippen LogP contribution in [0.3, 0.4) is 0 Å². The molecule has 0 amide bonds. The van der Waals surface area contributed by atoms with Crippen LogP contribution in [0, 0.1) is 0 Å². The molecule has 5 nitrogen and oxygen atoms in total. The number of benzene rings is 1. The average molecular weight is 279 g/mol. The number of hydrogen-bond acceptors (Lipinski definition) is 4. The molecule has 2 rings (SSSR count). The summed E-state index contributed by atoms with van der Waals surface area (Å²) in [6, 6.07) is 7.35. The number of nitrogens with two attached hydrogens (primary N) is 1. The largest absolute Gasteiger partial charge is 0.490 e. The van der Waals surface area contributed by atoms with Crippen LogP contribution < -0.4 is 10.5 Å². The second-order valence-electron chi connectivity index (χ2n) is 5.04. The Morgan fingerprint density at radius 1 is 1.35 bits per heavy atom. The highest BCUT2D eigenvalue weighted by atomic mass is 16.5. The van der Waals surface area contributed by atoms with E-state index in [-0.39, 0.29) is 18.6 Å². The number of carbonyl (C=O) groups is 1. The van der Waals surface area contributed by atoms with Crippen LogP contribution in [0.15, 0.2) is 24.3 Å². The molecule has 0 spiro atoms. The molecule has 20 heavy (non-hydrogen) atoms. The zero-order chi connectivity index (χ0) is 14.4. The predicted molar refractivity (Wildman–Crippen MR) is 74.7 cm³/mol. The number of hydrogen-bond donors (Lipinski definition) is 2. The van der Waals surface area contributed by atoms with Crippen molar-refractivity contribution in [1.82, 2.24) is 0 Å². The summed E-state index contributed by atoms with van der Waals surface area (Å²) in [5.41, 5.74) is 6.89. The second-order valence-corrected chi connectivity index (χ2v) is 5.04. The number of ether oxygens (including phenoxy) is 2. The van der Waals surface area contributed by atoms with Gasteiger partial charge in [0.25, 0.3) is 0 Å². The Kier molecular flexibility index (Phi) is 5.38. The van der Waals surface area contributed by atoms with Crippen LogP contribution in [-0.4, -0.2) is 30.4 Å². The highest BCUT2D eigenvalue weighted by Gasteiger charge is 2.15. The van der Waals surface area contributed by atoms with Gasteiger partial charge in [0.15, 0.2) is 0 Å². The Labute approximate surface area is 118 Å². The number of aliphatic carboxylic acids is 1. The molecule has 0 radical (unpaired) electrons. The summed E-state index contributed by atoms with van der Waals surface area (Å²) in [5, 5.41) is 8.65. The predicted octanol–water partition coefficient (Wildman–Crippen LogP) is 2.11. The van der Waals surface area contributed by atoms with Gasteiger partial charge in [-0.1, -0.05) is 12.1 Å². The molecule has 0 bridgehead atoms. The number of carboxylic acids is 1. The summed E-state index contributed by atoms with van der Waals surface area (Å²) >= 11 is 0. The molecule has 0 saturated carbocycles. The van der Waals surface area contributed by atoms with E-state index < -0.39 is 5.97 Å². The Hall–Kier alpha value is -1.59. The smallest absolute Gasteiger partial charge is 0.303 e. The van der Waals surface area contributed by atoms with Crippen LogP contribution in [0.5, 0.6) is 5.75 Å². The molecular weight excluding hydrogens is 258 g/mol. The molecule has 1 unspecified atom stereocenters. The van der Waals surface area contributed by atoms with E-state index in [1.807, 2.05) is 24.3 Å². The first-order valence-electron chi connectivity index (χ1n) is 6.97. The normalized spacial score (nSPS) is 17.6. The van der Waals surface area contributed by atoms with Gasteiger partial charge in [-0.2, -0.15) is 0 Å². The minimum absolute atomic E-state index is 0.0848. The maximum absolute atomic E-state index is 10.5. The third kappa shape index (κ3) is 4.51. The minimum atomic E-state index is -0.820.